The Morgan fingerprint density at radius 2 is 1.83 bits per heavy atom. The van der Waals surface area contributed by atoms with Gasteiger partial charge in [-0.2, -0.15) is 0 Å². The highest BCUT2D eigenvalue weighted by atomic mass is 16.2. The molecule has 0 radical (unpaired) electrons. The van der Waals surface area contributed by atoms with Crippen molar-refractivity contribution in [1.82, 2.24) is 10.2 Å². The van der Waals surface area contributed by atoms with Crippen molar-refractivity contribution in [3.8, 4) is 0 Å². The third kappa shape index (κ3) is 5.17. The van der Waals surface area contributed by atoms with Crippen LogP contribution in [0.1, 0.15) is 30.9 Å². The van der Waals surface area contributed by atoms with Gasteiger partial charge in [0.1, 0.15) is 6.04 Å². The fourth-order valence-electron chi connectivity index (χ4n) is 4.00. The Morgan fingerprint density at radius 3 is 2.52 bits per heavy atom. The lowest BCUT2D eigenvalue weighted by molar-refractivity contribution is -0.120. The summed E-state index contributed by atoms with van der Waals surface area (Å²) in [6.07, 6.45) is 2.54. The Morgan fingerprint density at radius 1 is 1.14 bits per heavy atom. The lowest BCUT2D eigenvalue weighted by Gasteiger charge is -2.27. The van der Waals surface area contributed by atoms with E-state index in [0.29, 0.717) is 12.3 Å². The molecule has 1 N–H and O–H groups in total. The van der Waals surface area contributed by atoms with Crippen LogP contribution in [0.2, 0.25) is 0 Å². The maximum absolute atomic E-state index is 13.0. The highest BCUT2D eigenvalue weighted by molar-refractivity contribution is 5.99. The molecule has 3 rings (SSSR count). The number of carbonyl (C=O) groups excluding carboxylic acids is 2. The number of rotatable bonds is 6. The molecule has 1 unspecified atom stereocenters. The number of anilines is 1. The molecule has 1 saturated heterocycles. The number of amides is 3. The van der Waals surface area contributed by atoms with E-state index in [0.717, 1.165) is 37.2 Å². The van der Waals surface area contributed by atoms with Crippen LogP contribution in [-0.2, 0) is 11.2 Å². The molecule has 2 aromatic rings. The molecule has 3 amide bonds. The van der Waals surface area contributed by atoms with Gasteiger partial charge in [0.25, 0.3) is 0 Å². The number of likely N-dealkylation sites (tertiary alicyclic amines) is 1. The van der Waals surface area contributed by atoms with Crippen molar-refractivity contribution in [3.63, 3.8) is 0 Å². The van der Waals surface area contributed by atoms with Crippen LogP contribution >= 0.6 is 0 Å². The SMILES string of the molecule is CC[C@H](NC(=O)N1CCC(Cc2ccccc2)C1)C(=O)N(C)c1ccccc1C. The van der Waals surface area contributed by atoms with Gasteiger partial charge >= 0.3 is 6.03 Å². The first kappa shape index (κ1) is 20.9. The van der Waals surface area contributed by atoms with E-state index in [9.17, 15) is 9.59 Å². The van der Waals surface area contributed by atoms with E-state index in [-0.39, 0.29) is 11.9 Å². The van der Waals surface area contributed by atoms with Crippen LogP contribution in [-0.4, -0.2) is 43.0 Å². The molecule has 0 bridgehead atoms. The maximum Gasteiger partial charge on any atom is 0.318 e. The Balaban J connectivity index is 1.57. The summed E-state index contributed by atoms with van der Waals surface area (Å²) in [5.74, 6) is 0.378. The monoisotopic (exact) mass is 393 g/mol. The van der Waals surface area contributed by atoms with E-state index in [2.05, 4.69) is 29.6 Å². The largest absolute Gasteiger partial charge is 0.326 e. The number of likely N-dealkylation sites (N-methyl/N-ethyl adjacent to an activating group) is 1. The van der Waals surface area contributed by atoms with Gasteiger partial charge in [0.15, 0.2) is 0 Å². The summed E-state index contributed by atoms with van der Waals surface area (Å²) in [5, 5.41) is 2.96. The number of aryl methyl sites for hydroxylation is 1. The lowest BCUT2D eigenvalue weighted by Crippen LogP contribution is -2.51. The van der Waals surface area contributed by atoms with Crippen LogP contribution in [0, 0.1) is 12.8 Å². The van der Waals surface area contributed by atoms with Gasteiger partial charge in [-0.1, -0.05) is 55.5 Å². The zero-order valence-corrected chi connectivity index (χ0v) is 17.6. The summed E-state index contributed by atoms with van der Waals surface area (Å²) in [6.45, 7) is 5.38. The highest BCUT2D eigenvalue weighted by Gasteiger charge is 2.30. The van der Waals surface area contributed by atoms with Gasteiger partial charge < -0.3 is 15.1 Å². The Hall–Kier alpha value is -2.82. The zero-order chi connectivity index (χ0) is 20.8. The van der Waals surface area contributed by atoms with Crippen LogP contribution in [0.3, 0.4) is 0 Å². The molecule has 0 saturated carbocycles. The molecule has 2 aromatic carbocycles. The van der Waals surface area contributed by atoms with Crippen molar-refractivity contribution in [2.24, 2.45) is 5.92 Å². The van der Waals surface area contributed by atoms with E-state index in [1.54, 1.807) is 11.9 Å². The van der Waals surface area contributed by atoms with Gasteiger partial charge in [-0.3, -0.25) is 4.79 Å². The minimum atomic E-state index is -0.528. The third-order valence-electron chi connectivity index (χ3n) is 5.75. The second-order valence-corrected chi connectivity index (χ2v) is 7.88. The first-order valence-electron chi connectivity index (χ1n) is 10.4. The molecule has 1 aliphatic heterocycles. The standard InChI is InChI=1S/C24H31N3O2/c1-4-21(23(28)26(3)22-13-9-8-10-18(22)2)25-24(29)27-15-14-20(17-27)16-19-11-6-5-7-12-19/h5-13,20-21H,4,14-17H2,1-3H3,(H,25,29)/t20?,21-/m0/s1. The molecule has 0 aromatic heterocycles. The third-order valence-corrected chi connectivity index (χ3v) is 5.75. The second kappa shape index (κ2) is 9.59. The summed E-state index contributed by atoms with van der Waals surface area (Å²) < 4.78 is 0. The number of benzene rings is 2. The van der Waals surface area contributed by atoms with Crippen molar-refractivity contribution in [1.29, 1.82) is 0 Å². The lowest BCUT2D eigenvalue weighted by atomic mass is 9.99. The topological polar surface area (TPSA) is 52.7 Å². The molecule has 29 heavy (non-hydrogen) atoms. The number of hydrogen-bond donors (Lipinski definition) is 1. The van der Waals surface area contributed by atoms with E-state index in [1.165, 1.54) is 5.56 Å². The predicted molar refractivity (Wildman–Crippen MR) is 117 cm³/mol. The summed E-state index contributed by atoms with van der Waals surface area (Å²) in [6, 6.07) is 17.5. The van der Waals surface area contributed by atoms with Crippen LogP contribution in [0.5, 0.6) is 0 Å². The Bertz CT molecular complexity index is 837. The second-order valence-electron chi connectivity index (χ2n) is 7.88. The molecule has 2 atom stereocenters. The van der Waals surface area contributed by atoms with Gasteiger partial charge in [-0.05, 0) is 49.3 Å². The van der Waals surface area contributed by atoms with E-state index in [1.807, 2.05) is 49.1 Å². The fraction of sp³-hybridized carbons (Fsp3) is 0.417. The molecule has 0 aliphatic carbocycles. The first-order valence-corrected chi connectivity index (χ1v) is 10.4. The van der Waals surface area contributed by atoms with Crippen molar-refractivity contribution < 1.29 is 9.59 Å². The number of carbonyl (C=O) groups is 2. The molecule has 154 valence electrons. The zero-order valence-electron chi connectivity index (χ0n) is 17.6. The molecule has 1 heterocycles. The van der Waals surface area contributed by atoms with Gasteiger partial charge in [-0.25, -0.2) is 4.79 Å². The van der Waals surface area contributed by atoms with E-state index >= 15 is 0 Å². The van der Waals surface area contributed by atoms with Gasteiger partial charge in [0.2, 0.25) is 5.91 Å². The number of nitrogens with zero attached hydrogens (tertiary/aromatic N) is 2. The number of urea groups is 1. The average molecular weight is 394 g/mol. The molecule has 5 heteroatoms. The normalized spacial score (nSPS) is 17.1. The Labute approximate surface area is 173 Å². The molecule has 5 nitrogen and oxygen atoms in total. The summed E-state index contributed by atoms with van der Waals surface area (Å²) in [7, 11) is 1.77. The minimum absolute atomic E-state index is 0.0878. The molecule has 0 spiro atoms. The van der Waals surface area contributed by atoms with E-state index in [4.69, 9.17) is 0 Å². The van der Waals surface area contributed by atoms with Crippen LogP contribution in [0.25, 0.3) is 0 Å². The van der Waals surface area contributed by atoms with Crippen LogP contribution in [0.4, 0.5) is 10.5 Å². The average Bonchev–Trinajstić information content (AvgIpc) is 3.20. The summed E-state index contributed by atoms with van der Waals surface area (Å²) in [5.41, 5.74) is 3.21. The maximum atomic E-state index is 13.0. The first-order chi connectivity index (χ1) is 14.0. The van der Waals surface area contributed by atoms with Crippen LogP contribution < -0.4 is 10.2 Å². The van der Waals surface area contributed by atoms with Crippen molar-refractivity contribution in [2.45, 2.75) is 39.2 Å². The molecule has 1 fully saturated rings. The fourth-order valence-corrected chi connectivity index (χ4v) is 4.00. The molecule has 1 aliphatic rings. The molecular weight excluding hydrogens is 362 g/mol. The smallest absolute Gasteiger partial charge is 0.318 e. The van der Waals surface area contributed by atoms with Crippen molar-refractivity contribution in [3.05, 3.63) is 65.7 Å². The van der Waals surface area contributed by atoms with Crippen molar-refractivity contribution >= 4 is 17.6 Å². The van der Waals surface area contributed by atoms with Crippen LogP contribution in [0.15, 0.2) is 54.6 Å². The van der Waals surface area contributed by atoms with Gasteiger partial charge in [-0.15, -0.1) is 0 Å². The number of hydrogen-bond acceptors (Lipinski definition) is 2. The van der Waals surface area contributed by atoms with Gasteiger partial charge in [0.05, 0.1) is 0 Å². The quantitative estimate of drug-likeness (QED) is 0.806. The number of nitrogens with one attached hydrogen (secondary N) is 1. The summed E-state index contributed by atoms with van der Waals surface area (Å²) >= 11 is 0. The Kier molecular flexibility index (Phi) is 6.91. The predicted octanol–water partition coefficient (Wildman–Crippen LogP) is 4.01. The van der Waals surface area contributed by atoms with Gasteiger partial charge in [0, 0.05) is 25.8 Å². The minimum Gasteiger partial charge on any atom is -0.326 e. The molecular formula is C24H31N3O2. The van der Waals surface area contributed by atoms with Crippen molar-refractivity contribution in [2.75, 3.05) is 25.0 Å². The summed E-state index contributed by atoms with van der Waals surface area (Å²) in [4.78, 5) is 29.3. The highest BCUT2D eigenvalue weighted by Crippen LogP contribution is 2.22. The van der Waals surface area contributed by atoms with E-state index < -0.39 is 6.04 Å². The number of para-hydroxylation sites is 1.